The summed E-state index contributed by atoms with van der Waals surface area (Å²) in [6.45, 7) is 5.84. The van der Waals surface area contributed by atoms with E-state index in [1.807, 2.05) is 30.5 Å². The van der Waals surface area contributed by atoms with Crippen molar-refractivity contribution in [3.63, 3.8) is 0 Å². The van der Waals surface area contributed by atoms with Gasteiger partial charge in [-0.1, -0.05) is 31.0 Å². The smallest absolute Gasteiger partial charge is 0.191 e. The van der Waals surface area contributed by atoms with Crippen molar-refractivity contribution in [2.75, 3.05) is 13.6 Å². The number of nitrogens with one attached hydrogen (secondary N) is 2. The van der Waals surface area contributed by atoms with Crippen molar-refractivity contribution in [1.29, 1.82) is 0 Å². The zero-order valence-corrected chi connectivity index (χ0v) is 17.7. The van der Waals surface area contributed by atoms with Gasteiger partial charge in [0.1, 0.15) is 0 Å². The quantitative estimate of drug-likeness (QED) is 0.586. The predicted octanol–water partition coefficient (Wildman–Crippen LogP) is 3.81. The van der Waals surface area contributed by atoms with Gasteiger partial charge in [-0.15, -0.1) is 11.8 Å². The summed E-state index contributed by atoms with van der Waals surface area (Å²) in [6, 6.07) is 10.8. The van der Waals surface area contributed by atoms with Crippen LogP contribution in [-0.4, -0.2) is 34.1 Å². The van der Waals surface area contributed by atoms with E-state index in [9.17, 15) is 0 Å². The lowest BCUT2D eigenvalue weighted by molar-refractivity contribution is 0.582. The van der Waals surface area contributed by atoms with E-state index >= 15 is 0 Å². The zero-order chi connectivity index (χ0) is 19.3. The number of thioether (sulfide) groups is 1. The largest absolute Gasteiger partial charge is 0.355 e. The number of aliphatic imine (C=N–C) groups is 1. The van der Waals surface area contributed by atoms with Gasteiger partial charge in [0.15, 0.2) is 5.96 Å². The molecule has 5 nitrogen and oxygen atoms in total. The van der Waals surface area contributed by atoms with E-state index in [1.165, 1.54) is 41.8 Å². The number of guanidine groups is 1. The second-order valence-electron chi connectivity index (χ2n) is 7.36. The summed E-state index contributed by atoms with van der Waals surface area (Å²) in [6.07, 6.45) is 5.11. The summed E-state index contributed by atoms with van der Waals surface area (Å²) in [5.74, 6) is 0.859. The average molecular weight is 386 g/mol. The Bertz CT molecular complexity index is 775. The van der Waals surface area contributed by atoms with Gasteiger partial charge >= 0.3 is 0 Å². The molecule has 3 rings (SSSR count). The third-order valence-corrected chi connectivity index (χ3v) is 6.98. The van der Waals surface area contributed by atoms with Crippen molar-refractivity contribution in [2.24, 2.45) is 12.0 Å². The molecule has 0 bridgehead atoms. The number of benzene rings is 1. The molecule has 0 aliphatic heterocycles. The maximum absolute atomic E-state index is 4.49. The molecule has 1 saturated carbocycles. The minimum Gasteiger partial charge on any atom is -0.355 e. The van der Waals surface area contributed by atoms with Gasteiger partial charge in [-0.05, 0) is 38.8 Å². The Morgan fingerprint density at radius 2 is 1.89 bits per heavy atom. The number of hydrogen-bond donors (Lipinski definition) is 2. The molecule has 0 atom stereocenters. The normalized spacial score (nSPS) is 16.5. The molecule has 1 aromatic carbocycles. The SMILES string of the molecule is CN=C(NCc1c(C)nn(C)c1C)NCC1(Sc2ccccc2)CCCC1. The Kier molecular flexibility index (Phi) is 6.47. The highest BCUT2D eigenvalue weighted by Crippen LogP contribution is 2.44. The molecule has 2 N–H and O–H groups in total. The topological polar surface area (TPSA) is 54.2 Å². The maximum Gasteiger partial charge on any atom is 0.191 e. The fraction of sp³-hybridized carbons (Fsp3) is 0.524. The van der Waals surface area contributed by atoms with Crippen LogP contribution in [0.15, 0.2) is 40.2 Å². The van der Waals surface area contributed by atoms with Gasteiger partial charge in [0, 0.05) is 48.1 Å². The van der Waals surface area contributed by atoms with Crippen LogP contribution in [0, 0.1) is 13.8 Å². The molecular formula is C21H31N5S. The van der Waals surface area contributed by atoms with Crippen molar-refractivity contribution in [3.8, 4) is 0 Å². The lowest BCUT2D eigenvalue weighted by Crippen LogP contribution is -2.44. The molecule has 2 aromatic rings. The lowest BCUT2D eigenvalue weighted by atomic mass is 10.1. The second-order valence-corrected chi connectivity index (χ2v) is 8.90. The van der Waals surface area contributed by atoms with Crippen LogP contribution in [0.2, 0.25) is 0 Å². The molecule has 0 spiro atoms. The number of rotatable bonds is 6. The standard InChI is InChI=1S/C21H31N5S/c1-16-19(17(2)26(4)25-16)14-23-20(22-3)24-15-21(12-8-9-13-21)27-18-10-6-5-7-11-18/h5-7,10-11H,8-9,12-15H2,1-4H3,(H2,22,23,24). The summed E-state index contributed by atoms with van der Waals surface area (Å²) in [5.41, 5.74) is 3.52. The Balaban J connectivity index is 1.60. The van der Waals surface area contributed by atoms with Gasteiger partial charge in [0.2, 0.25) is 0 Å². The highest BCUT2D eigenvalue weighted by atomic mass is 32.2. The molecule has 1 fully saturated rings. The molecule has 1 aromatic heterocycles. The highest BCUT2D eigenvalue weighted by Gasteiger charge is 2.35. The predicted molar refractivity (Wildman–Crippen MR) is 114 cm³/mol. The first kappa shape index (κ1) is 19.8. The summed E-state index contributed by atoms with van der Waals surface area (Å²) < 4.78 is 2.19. The monoisotopic (exact) mass is 385 g/mol. The van der Waals surface area contributed by atoms with E-state index in [0.29, 0.717) is 0 Å². The fourth-order valence-corrected chi connectivity index (χ4v) is 5.21. The van der Waals surface area contributed by atoms with Crippen molar-refractivity contribution in [3.05, 3.63) is 47.3 Å². The molecule has 0 saturated heterocycles. The van der Waals surface area contributed by atoms with Gasteiger partial charge in [-0.25, -0.2) is 0 Å². The average Bonchev–Trinajstić information content (AvgIpc) is 3.22. The Morgan fingerprint density at radius 1 is 1.19 bits per heavy atom. The van der Waals surface area contributed by atoms with Crippen LogP contribution in [0.5, 0.6) is 0 Å². The molecule has 146 valence electrons. The molecule has 6 heteroatoms. The molecule has 0 amide bonds. The molecule has 1 aliphatic rings. The minimum absolute atomic E-state index is 0.249. The van der Waals surface area contributed by atoms with E-state index in [-0.39, 0.29) is 4.75 Å². The van der Waals surface area contributed by atoms with Crippen molar-refractivity contribution >= 4 is 17.7 Å². The summed E-state index contributed by atoms with van der Waals surface area (Å²) in [7, 11) is 3.83. The third kappa shape index (κ3) is 4.86. The van der Waals surface area contributed by atoms with Crippen molar-refractivity contribution in [2.45, 2.75) is 55.7 Å². The highest BCUT2D eigenvalue weighted by molar-refractivity contribution is 8.00. The number of hydrogen-bond acceptors (Lipinski definition) is 3. The lowest BCUT2D eigenvalue weighted by Gasteiger charge is -2.29. The van der Waals surface area contributed by atoms with E-state index in [0.717, 1.165) is 24.7 Å². The van der Waals surface area contributed by atoms with Gasteiger partial charge in [0.05, 0.1) is 5.69 Å². The molecular weight excluding hydrogens is 354 g/mol. The Morgan fingerprint density at radius 3 is 2.48 bits per heavy atom. The maximum atomic E-state index is 4.49. The molecule has 27 heavy (non-hydrogen) atoms. The third-order valence-electron chi connectivity index (χ3n) is 5.49. The van der Waals surface area contributed by atoms with Crippen LogP contribution < -0.4 is 10.6 Å². The van der Waals surface area contributed by atoms with Crippen LogP contribution in [0.1, 0.15) is 42.6 Å². The number of aromatic nitrogens is 2. The second kappa shape index (κ2) is 8.83. The number of nitrogens with zero attached hydrogens (tertiary/aromatic N) is 3. The van der Waals surface area contributed by atoms with Gasteiger partial charge in [-0.2, -0.15) is 5.10 Å². The minimum atomic E-state index is 0.249. The fourth-order valence-electron chi connectivity index (χ4n) is 3.78. The van der Waals surface area contributed by atoms with E-state index < -0.39 is 0 Å². The van der Waals surface area contributed by atoms with E-state index in [1.54, 1.807) is 0 Å². The van der Waals surface area contributed by atoms with Gasteiger partial charge in [-0.3, -0.25) is 9.67 Å². The van der Waals surface area contributed by atoms with Crippen LogP contribution in [-0.2, 0) is 13.6 Å². The number of aryl methyl sites for hydroxylation is 2. The van der Waals surface area contributed by atoms with Gasteiger partial charge in [0.25, 0.3) is 0 Å². The van der Waals surface area contributed by atoms with Crippen LogP contribution in [0.25, 0.3) is 0 Å². The zero-order valence-electron chi connectivity index (χ0n) is 16.9. The van der Waals surface area contributed by atoms with E-state index in [2.05, 4.69) is 64.9 Å². The van der Waals surface area contributed by atoms with Crippen LogP contribution in [0.4, 0.5) is 0 Å². The summed E-state index contributed by atoms with van der Waals surface area (Å²) in [4.78, 5) is 5.78. The Labute approximate surface area is 167 Å². The molecule has 0 radical (unpaired) electrons. The van der Waals surface area contributed by atoms with Crippen LogP contribution >= 0.6 is 11.8 Å². The summed E-state index contributed by atoms with van der Waals surface area (Å²) >= 11 is 2.02. The first-order valence-corrected chi connectivity index (χ1v) is 10.5. The van der Waals surface area contributed by atoms with E-state index in [4.69, 9.17) is 0 Å². The first-order valence-electron chi connectivity index (χ1n) is 9.71. The first-order chi connectivity index (χ1) is 13.0. The van der Waals surface area contributed by atoms with Crippen molar-refractivity contribution in [1.82, 2.24) is 20.4 Å². The summed E-state index contributed by atoms with van der Waals surface area (Å²) in [5, 5.41) is 11.5. The van der Waals surface area contributed by atoms with Gasteiger partial charge < -0.3 is 10.6 Å². The molecule has 0 unspecified atom stereocenters. The molecule has 1 heterocycles. The van der Waals surface area contributed by atoms with Crippen LogP contribution in [0.3, 0.4) is 0 Å². The Hall–Kier alpha value is -1.95. The molecule has 1 aliphatic carbocycles. The van der Waals surface area contributed by atoms with Crippen molar-refractivity contribution < 1.29 is 0 Å².